The highest BCUT2D eigenvalue weighted by Gasteiger charge is 2.31. The number of sulfonamides is 1. The van der Waals surface area contributed by atoms with Crippen molar-refractivity contribution in [3.05, 3.63) is 62.5 Å². The second-order valence-electron chi connectivity index (χ2n) is 7.34. The molecule has 7 nitrogen and oxygen atoms in total. The number of benzene rings is 2. The van der Waals surface area contributed by atoms with Crippen LogP contribution >= 0.6 is 39.1 Å². The van der Waals surface area contributed by atoms with Gasteiger partial charge >= 0.3 is 0 Å². The normalized spacial score (nSPS) is 12.2. The Hall–Kier alpha value is -1.81. The first-order chi connectivity index (χ1) is 15.5. The topological polar surface area (TPSA) is 86.8 Å². The molecule has 0 saturated carbocycles. The van der Waals surface area contributed by atoms with Crippen LogP contribution in [0, 0.1) is 0 Å². The Kier molecular flexibility index (Phi) is 10.0. The van der Waals surface area contributed by atoms with Crippen molar-refractivity contribution >= 4 is 66.7 Å². The molecule has 0 spiro atoms. The van der Waals surface area contributed by atoms with E-state index in [0.29, 0.717) is 38.7 Å². The van der Waals surface area contributed by atoms with Gasteiger partial charge in [-0.15, -0.1) is 0 Å². The summed E-state index contributed by atoms with van der Waals surface area (Å²) in [5, 5.41) is 3.43. The molecule has 0 aliphatic heterocycles. The first kappa shape index (κ1) is 27.4. The van der Waals surface area contributed by atoms with Gasteiger partial charge in [0, 0.05) is 17.6 Å². The standard InChI is InChI=1S/C22H26BrCl2N3O4S/c1-4-20(22(30)26-5-2)27(13-15-9-10-18(24)19(25)11-15)21(29)14-28(33(3,31)32)17-8-6-7-16(23)12-17/h6-12,20H,4-5,13-14H2,1-3H3,(H,26,30)/t20-/m1/s1. The molecule has 0 heterocycles. The number of amides is 2. The quantitative estimate of drug-likeness (QED) is 0.451. The van der Waals surface area contributed by atoms with Crippen LogP contribution in [0.2, 0.25) is 10.0 Å². The molecule has 1 N–H and O–H groups in total. The highest BCUT2D eigenvalue weighted by molar-refractivity contribution is 9.10. The van der Waals surface area contributed by atoms with Crippen molar-refractivity contribution in [3.63, 3.8) is 0 Å². The number of nitrogens with one attached hydrogen (secondary N) is 1. The third kappa shape index (κ3) is 7.60. The summed E-state index contributed by atoms with van der Waals surface area (Å²) in [6.45, 7) is 3.57. The predicted molar refractivity (Wildman–Crippen MR) is 136 cm³/mol. The van der Waals surface area contributed by atoms with E-state index in [0.717, 1.165) is 10.6 Å². The van der Waals surface area contributed by atoms with Crippen LogP contribution in [0.25, 0.3) is 0 Å². The van der Waals surface area contributed by atoms with Crippen molar-refractivity contribution in [3.8, 4) is 0 Å². The molecule has 2 aromatic carbocycles. The van der Waals surface area contributed by atoms with Gasteiger partial charge in [0.25, 0.3) is 0 Å². The smallest absolute Gasteiger partial charge is 0.244 e. The van der Waals surface area contributed by atoms with Gasteiger partial charge in [0.15, 0.2) is 0 Å². The largest absolute Gasteiger partial charge is 0.355 e. The molecule has 33 heavy (non-hydrogen) atoms. The van der Waals surface area contributed by atoms with Gasteiger partial charge in [-0.05, 0) is 49.2 Å². The van der Waals surface area contributed by atoms with Gasteiger partial charge in [0.2, 0.25) is 21.8 Å². The zero-order valence-electron chi connectivity index (χ0n) is 18.5. The molecule has 0 unspecified atom stereocenters. The number of rotatable bonds is 10. The molecule has 0 fully saturated rings. The Morgan fingerprint density at radius 2 is 1.79 bits per heavy atom. The van der Waals surface area contributed by atoms with Crippen LogP contribution < -0.4 is 9.62 Å². The van der Waals surface area contributed by atoms with E-state index in [1.807, 2.05) is 0 Å². The molecule has 0 aliphatic carbocycles. The predicted octanol–water partition coefficient (Wildman–Crippen LogP) is 4.47. The summed E-state index contributed by atoms with van der Waals surface area (Å²) in [4.78, 5) is 27.6. The minimum atomic E-state index is -3.79. The van der Waals surface area contributed by atoms with E-state index in [1.54, 1.807) is 56.3 Å². The molecule has 0 saturated heterocycles. The van der Waals surface area contributed by atoms with Crippen molar-refractivity contribution in [1.82, 2.24) is 10.2 Å². The van der Waals surface area contributed by atoms with E-state index in [-0.39, 0.29) is 12.5 Å². The zero-order chi connectivity index (χ0) is 24.8. The average molecular weight is 579 g/mol. The van der Waals surface area contributed by atoms with Gasteiger partial charge in [-0.3, -0.25) is 13.9 Å². The molecule has 2 rings (SSSR count). The number of nitrogens with zero attached hydrogens (tertiary/aromatic N) is 2. The number of hydrogen-bond donors (Lipinski definition) is 1. The van der Waals surface area contributed by atoms with Gasteiger partial charge in [0.05, 0.1) is 22.0 Å². The maximum atomic E-state index is 13.5. The van der Waals surface area contributed by atoms with E-state index >= 15 is 0 Å². The van der Waals surface area contributed by atoms with E-state index in [4.69, 9.17) is 23.2 Å². The number of hydrogen-bond acceptors (Lipinski definition) is 4. The molecule has 0 aromatic heterocycles. The van der Waals surface area contributed by atoms with Crippen LogP contribution in [0.3, 0.4) is 0 Å². The van der Waals surface area contributed by atoms with Crippen LogP contribution in [0.1, 0.15) is 25.8 Å². The monoisotopic (exact) mass is 577 g/mol. The van der Waals surface area contributed by atoms with E-state index in [9.17, 15) is 18.0 Å². The first-order valence-electron chi connectivity index (χ1n) is 10.2. The van der Waals surface area contributed by atoms with Gasteiger partial charge < -0.3 is 10.2 Å². The number of anilines is 1. The molecule has 1 atom stereocenters. The summed E-state index contributed by atoms with van der Waals surface area (Å²) in [5.41, 5.74) is 0.995. The lowest BCUT2D eigenvalue weighted by Gasteiger charge is -2.32. The lowest BCUT2D eigenvalue weighted by Crippen LogP contribution is -2.52. The van der Waals surface area contributed by atoms with E-state index < -0.39 is 28.5 Å². The van der Waals surface area contributed by atoms with Crippen molar-refractivity contribution in [1.29, 1.82) is 0 Å². The first-order valence-corrected chi connectivity index (χ1v) is 13.6. The number of carbonyl (C=O) groups is 2. The molecular formula is C22H26BrCl2N3O4S. The lowest BCUT2D eigenvalue weighted by atomic mass is 10.1. The van der Waals surface area contributed by atoms with Crippen LogP contribution in [0.5, 0.6) is 0 Å². The lowest BCUT2D eigenvalue weighted by molar-refractivity contribution is -0.140. The van der Waals surface area contributed by atoms with E-state index in [2.05, 4.69) is 21.2 Å². The number of likely N-dealkylation sites (N-methyl/N-ethyl adjacent to an activating group) is 1. The van der Waals surface area contributed by atoms with Crippen molar-refractivity contribution in [2.75, 3.05) is 23.7 Å². The fourth-order valence-corrected chi connectivity index (χ4v) is 4.84. The zero-order valence-corrected chi connectivity index (χ0v) is 22.4. The Bertz CT molecular complexity index is 1110. The Morgan fingerprint density at radius 3 is 2.33 bits per heavy atom. The maximum absolute atomic E-state index is 13.5. The van der Waals surface area contributed by atoms with Crippen LogP contribution in [-0.4, -0.2) is 50.5 Å². The molecule has 2 aromatic rings. The summed E-state index contributed by atoms with van der Waals surface area (Å²) < 4.78 is 26.8. The number of carbonyl (C=O) groups excluding carboxylic acids is 2. The second-order valence-corrected chi connectivity index (χ2v) is 11.0. The van der Waals surface area contributed by atoms with Crippen molar-refractivity contribution < 1.29 is 18.0 Å². The highest BCUT2D eigenvalue weighted by Crippen LogP contribution is 2.25. The summed E-state index contributed by atoms with van der Waals surface area (Å²) in [6.07, 6.45) is 1.38. The molecule has 2 amide bonds. The highest BCUT2D eigenvalue weighted by atomic mass is 79.9. The van der Waals surface area contributed by atoms with Gasteiger partial charge in [0.1, 0.15) is 12.6 Å². The fraction of sp³-hybridized carbons (Fsp3) is 0.364. The number of halogens is 3. The van der Waals surface area contributed by atoms with Crippen molar-refractivity contribution in [2.45, 2.75) is 32.9 Å². The van der Waals surface area contributed by atoms with Gasteiger partial charge in [-0.1, -0.05) is 58.2 Å². The van der Waals surface area contributed by atoms with Gasteiger partial charge in [-0.2, -0.15) is 0 Å². The third-order valence-corrected chi connectivity index (χ3v) is 7.22. The Labute approximate surface area is 213 Å². The molecule has 0 aliphatic rings. The Morgan fingerprint density at radius 1 is 1.09 bits per heavy atom. The Balaban J connectivity index is 2.45. The maximum Gasteiger partial charge on any atom is 0.244 e. The second kappa shape index (κ2) is 12.1. The van der Waals surface area contributed by atoms with Crippen LogP contribution in [-0.2, 0) is 26.2 Å². The third-order valence-electron chi connectivity index (χ3n) is 4.85. The van der Waals surface area contributed by atoms with E-state index in [1.165, 1.54) is 4.90 Å². The summed E-state index contributed by atoms with van der Waals surface area (Å²) in [6, 6.07) is 10.8. The fourth-order valence-electron chi connectivity index (χ4n) is 3.29. The molecule has 11 heteroatoms. The molecular weight excluding hydrogens is 553 g/mol. The molecule has 0 radical (unpaired) electrons. The SMILES string of the molecule is CCNC(=O)[C@@H](CC)N(Cc1ccc(Cl)c(Cl)c1)C(=O)CN(c1cccc(Br)c1)S(C)(=O)=O. The minimum Gasteiger partial charge on any atom is -0.355 e. The average Bonchev–Trinajstić information content (AvgIpc) is 2.73. The summed E-state index contributed by atoms with van der Waals surface area (Å²) >= 11 is 15.5. The summed E-state index contributed by atoms with van der Waals surface area (Å²) in [7, 11) is -3.79. The van der Waals surface area contributed by atoms with Crippen molar-refractivity contribution in [2.24, 2.45) is 0 Å². The molecule has 180 valence electrons. The molecule has 0 bridgehead atoms. The van der Waals surface area contributed by atoms with Gasteiger partial charge in [-0.25, -0.2) is 8.42 Å². The van der Waals surface area contributed by atoms with Crippen LogP contribution in [0.15, 0.2) is 46.9 Å². The van der Waals surface area contributed by atoms with Crippen LogP contribution in [0.4, 0.5) is 5.69 Å². The minimum absolute atomic E-state index is 0.0570. The summed E-state index contributed by atoms with van der Waals surface area (Å²) in [5.74, 6) is -0.841.